The van der Waals surface area contributed by atoms with Crippen LogP contribution in [0.2, 0.25) is 0 Å². The Hall–Kier alpha value is -1.20. The van der Waals surface area contributed by atoms with E-state index in [0.29, 0.717) is 5.92 Å². The van der Waals surface area contributed by atoms with Gasteiger partial charge in [0.15, 0.2) is 0 Å². The number of anilines is 1. The molecule has 1 fully saturated rings. The van der Waals surface area contributed by atoms with Crippen LogP contribution in [-0.2, 0) is 6.42 Å². The SMILES string of the molecule is CNCC(C)Cc1c(C)nc(N2CCN(C)CC2)nc1C. The lowest BCUT2D eigenvalue weighted by molar-refractivity contribution is 0.311. The van der Waals surface area contributed by atoms with Crippen LogP contribution < -0.4 is 10.2 Å². The van der Waals surface area contributed by atoms with Gasteiger partial charge in [-0.25, -0.2) is 9.97 Å². The summed E-state index contributed by atoms with van der Waals surface area (Å²) in [5.41, 5.74) is 3.59. The van der Waals surface area contributed by atoms with E-state index in [2.05, 4.69) is 42.9 Å². The van der Waals surface area contributed by atoms with Crippen LogP contribution in [0.4, 0.5) is 5.95 Å². The maximum atomic E-state index is 4.77. The van der Waals surface area contributed by atoms with E-state index in [1.54, 1.807) is 0 Å². The van der Waals surface area contributed by atoms with Crippen molar-refractivity contribution < 1.29 is 0 Å². The summed E-state index contributed by atoms with van der Waals surface area (Å²) in [7, 11) is 4.17. The van der Waals surface area contributed by atoms with Gasteiger partial charge in [-0.05, 0) is 52.4 Å². The molecule has 1 unspecified atom stereocenters. The summed E-state index contributed by atoms with van der Waals surface area (Å²) < 4.78 is 0. The highest BCUT2D eigenvalue weighted by atomic mass is 15.3. The molecule has 0 saturated carbocycles. The Labute approximate surface area is 128 Å². The van der Waals surface area contributed by atoms with Crippen molar-refractivity contribution >= 4 is 5.95 Å². The first kappa shape index (κ1) is 16.2. The van der Waals surface area contributed by atoms with Gasteiger partial charge in [0.2, 0.25) is 5.95 Å². The fourth-order valence-electron chi connectivity index (χ4n) is 2.93. The number of nitrogens with zero attached hydrogens (tertiary/aromatic N) is 4. The van der Waals surface area contributed by atoms with E-state index in [9.17, 15) is 0 Å². The van der Waals surface area contributed by atoms with E-state index >= 15 is 0 Å². The van der Waals surface area contributed by atoms with Gasteiger partial charge < -0.3 is 15.1 Å². The maximum Gasteiger partial charge on any atom is 0.225 e. The molecule has 1 atom stereocenters. The molecule has 0 spiro atoms. The molecule has 0 aromatic carbocycles. The Bertz CT molecular complexity index is 443. The van der Waals surface area contributed by atoms with Crippen molar-refractivity contribution in [2.24, 2.45) is 5.92 Å². The van der Waals surface area contributed by atoms with Gasteiger partial charge in [-0.1, -0.05) is 6.92 Å². The van der Waals surface area contributed by atoms with Gasteiger partial charge in [0.25, 0.3) is 0 Å². The van der Waals surface area contributed by atoms with Crippen LogP contribution in [0.15, 0.2) is 0 Å². The molecule has 0 amide bonds. The van der Waals surface area contributed by atoms with Gasteiger partial charge in [-0.15, -0.1) is 0 Å². The van der Waals surface area contributed by atoms with Crippen molar-refractivity contribution in [3.8, 4) is 0 Å². The predicted molar refractivity (Wildman–Crippen MR) is 88.0 cm³/mol. The Morgan fingerprint density at radius 2 is 1.67 bits per heavy atom. The molecule has 2 heterocycles. The van der Waals surface area contributed by atoms with E-state index in [1.807, 2.05) is 7.05 Å². The quantitative estimate of drug-likeness (QED) is 0.884. The number of likely N-dealkylation sites (N-methyl/N-ethyl adjacent to an activating group) is 1. The van der Waals surface area contributed by atoms with Gasteiger partial charge in [0, 0.05) is 37.6 Å². The first-order valence-electron chi connectivity index (χ1n) is 7.93. The maximum absolute atomic E-state index is 4.77. The number of hydrogen-bond acceptors (Lipinski definition) is 5. The first-order chi connectivity index (χ1) is 10.0. The third-order valence-corrected chi connectivity index (χ3v) is 4.30. The molecule has 5 nitrogen and oxygen atoms in total. The van der Waals surface area contributed by atoms with Crippen LogP contribution in [0.1, 0.15) is 23.9 Å². The molecule has 21 heavy (non-hydrogen) atoms. The standard InChI is InChI=1S/C16H29N5/c1-12(11-17-4)10-15-13(2)18-16(19-14(15)3)21-8-6-20(5)7-9-21/h12,17H,6-11H2,1-5H3. The summed E-state index contributed by atoms with van der Waals surface area (Å²) >= 11 is 0. The van der Waals surface area contributed by atoms with E-state index in [1.165, 1.54) is 5.56 Å². The van der Waals surface area contributed by atoms with E-state index in [0.717, 1.165) is 56.5 Å². The van der Waals surface area contributed by atoms with E-state index < -0.39 is 0 Å². The normalized spacial score (nSPS) is 18.0. The fourth-order valence-corrected chi connectivity index (χ4v) is 2.93. The molecule has 0 radical (unpaired) electrons. The lowest BCUT2D eigenvalue weighted by atomic mass is 9.99. The smallest absolute Gasteiger partial charge is 0.225 e. The number of rotatable bonds is 5. The van der Waals surface area contributed by atoms with Crippen molar-refractivity contribution in [2.75, 3.05) is 51.7 Å². The fraction of sp³-hybridized carbons (Fsp3) is 0.750. The monoisotopic (exact) mass is 291 g/mol. The zero-order chi connectivity index (χ0) is 15.4. The minimum absolute atomic E-state index is 0.602. The third-order valence-electron chi connectivity index (χ3n) is 4.30. The summed E-state index contributed by atoms with van der Waals surface area (Å²) in [6.07, 6.45) is 1.04. The molecule has 1 aromatic rings. The minimum atomic E-state index is 0.602. The largest absolute Gasteiger partial charge is 0.338 e. The van der Waals surface area contributed by atoms with Crippen LogP contribution in [-0.4, -0.2) is 61.7 Å². The number of nitrogens with one attached hydrogen (secondary N) is 1. The average molecular weight is 291 g/mol. The second-order valence-electron chi connectivity index (χ2n) is 6.33. The second-order valence-corrected chi connectivity index (χ2v) is 6.33. The molecular weight excluding hydrogens is 262 g/mol. The Morgan fingerprint density at radius 3 is 2.19 bits per heavy atom. The second kappa shape index (κ2) is 7.18. The first-order valence-corrected chi connectivity index (χ1v) is 7.93. The van der Waals surface area contributed by atoms with Crippen molar-refractivity contribution in [1.29, 1.82) is 0 Å². The molecule has 1 aromatic heterocycles. The van der Waals surface area contributed by atoms with Crippen molar-refractivity contribution in [3.05, 3.63) is 17.0 Å². The van der Waals surface area contributed by atoms with E-state index in [4.69, 9.17) is 9.97 Å². The minimum Gasteiger partial charge on any atom is -0.338 e. The molecular formula is C16H29N5. The van der Waals surface area contributed by atoms with Gasteiger partial charge in [0.1, 0.15) is 0 Å². The zero-order valence-corrected chi connectivity index (χ0v) is 14.1. The molecule has 1 N–H and O–H groups in total. The van der Waals surface area contributed by atoms with Crippen molar-refractivity contribution in [3.63, 3.8) is 0 Å². The molecule has 0 aliphatic carbocycles. The molecule has 1 aliphatic rings. The van der Waals surface area contributed by atoms with Crippen LogP contribution in [0.5, 0.6) is 0 Å². The topological polar surface area (TPSA) is 44.3 Å². The molecule has 118 valence electrons. The highest BCUT2D eigenvalue weighted by Crippen LogP contribution is 2.19. The van der Waals surface area contributed by atoms with Gasteiger partial charge in [-0.2, -0.15) is 0 Å². The van der Waals surface area contributed by atoms with Crippen molar-refractivity contribution in [2.45, 2.75) is 27.2 Å². The summed E-state index contributed by atoms with van der Waals surface area (Å²) in [6, 6.07) is 0. The van der Waals surface area contributed by atoms with E-state index in [-0.39, 0.29) is 0 Å². The summed E-state index contributed by atoms with van der Waals surface area (Å²) in [6.45, 7) is 11.7. The zero-order valence-electron chi connectivity index (χ0n) is 14.1. The van der Waals surface area contributed by atoms with Crippen LogP contribution >= 0.6 is 0 Å². The van der Waals surface area contributed by atoms with Gasteiger partial charge >= 0.3 is 0 Å². The molecule has 1 saturated heterocycles. The molecule has 5 heteroatoms. The summed E-state index contributed by atoms with van der Waals surface area (Å²) in [4.78, 5) is 14.2. The van der Waals surface area contributed by atoms with Gasteiger partial charge in [0.05, 0.1) is 0 Å². The molecule has 0 bridgehead atoms. The number of aryl methyl sites for hydroxylation is 2. The molecule has 1 aliphatic heterocycles. The lowest BCUT2D eigenvalue weighted by Gasteiger charge is -2.32. The lowest BCUT2D eigenvalue weighted by Crippen LogP contribution is -2.45. The van der Waals surface area contributed by atoms with Crippen LogP contribution in [0.3, 0.4) is 0 Å². The summed E-state index contributed by atoms with van der Waals surface area (Å²) in [5, 5.41) is 3.24. The van der Waals surface area contributed by atoms with Crippen LogP contribution in [0, 0.1) is 19.8 Å². The number of piperazine rings is 1. The Kier molecular flexibility index (Phi) is 5.53. The van der Waals surface area contributed by atoms with Gasteiger partial charge in [-0.3, -0.25) is 0 Å². The van der Waals surface area contributed by atoms with Crippen LogP contribution in [0.25, 0.3) is 0 Å². The van der Waals surface area contributed by atoms with Crippen molar-refractivity contribution in [1.82, 2.24) is 20.2 Å². The number of hydrogen-bond donors (Lipinski definition) is 1. The number of aromatic nitrogens is 2. The predicted octanol–water partition coefficient (Wildman–Crippen LogP) is 1.24. The Balaban J connectivity index is 2.13. The summed E-state index contributed by atoms with van der Waals surface area (Å²) in [5.74, 6) is 1.51. The highest BCUT2D eigenvalue weighted by Gasteiger charge is 2.19. The highest BCUT2D eigenvalue weighted by molar-refractivity contribution is 5.37. The average Bonchev–Trinajstić information content (AvgIpc) is 2.44. The Morgan fingerprint density at radius 1 is 1.10 bits per heavy atom. The third kappa shape index (κ3) is 4.14. The molecule has 2 rings (SSSR count).